The van der Waals surface area contributed by atoms with Crippen LogP contribution in [0, 0.1) is 10.1 Å². The highest BCUT2D eigenvalue weighted by Gasteiger charge is 2.26. The van der Waals surface area contributed by atoms with Gasteiger partial charge in [-0.05, 0) is 53.1 Å². The first-order valence-electron chi connectivity index (χ1n) is 11.5. The van der Waals surface area contributed by atoms with Gasteiger partial charge < -0.3 is 10.1 Å². The van der Waals surface area contributed by atoms with Crippen LogP contribution >= 0.6 is 11.6 Å². The van der Waals surface area contributed by atoms with Gasteiger partial charge in [0, 0.05) is 28.9 Å². The summed E-state index contributed by atoms with van der Waals surface area (Å²) in [6.45, 7) is 0. The summed E-state index contributed by atoms with van der Waals surface area (Å²) in [7, 11) is 1.61. The molecule has 3 aromatic carbocycles. The van der Waals surface area contributed by atoms with Gasteiger partial charge in [-0.25, -0.2) is 4.68 Å². The number of carbonyl (C=O) groups is 1. The third-order valence-corrected chi connectivity index (χ3v) is 6.07. The van der Waals surface area contributed by atoms with E-state index in [1.165, 1.54) is 24.3 Å². The molecule has 0 saturated carbocycles. The number of anilines is 2. The number of amides is 1. The summed E-state index contributed by atoms with van der Waals surface area (Å²) in [6, 6.07) is 20.7. The van der Waals surface area contributed by atoms with E-state index in [1.807, 2.05) is 42.5 Å². The number of nitro benzene ring substituents is 1. The average molecular weight is 529 g/mol. The summed E-state index contributed by atoms with van der Waals surface area (Å²) in [5.74, 6) is 0.792. The van der Waals surface area contributed by atoms with Crippen molar-refractivity contribution >= 4 is 46.9 Å². The third-order valence-electron chi connectivity index (χ3n) is 5.82. The molecule has 0 fully saturated rings. The van der Waals surface area contributed by atoms with E-state index in [0.717, 1.165) is 22.6 Å². The number of nitro groups is 1. The van der Waals surface area contributed by atoms with Crippen LogP contribution in [0.1, 0.15) is 22.7 Å². The summed E-state index contributed by atoms with van der Waals surface area (Å²) < 4.78 is 6.97. The molecule has 1 unspecified atom stereocenters. The SMILES string of the molecule is COc1ccc(C2C=C(c3ccc(Cl)cc3)Nc3nc(NC(=O)C=Cc4cccc([N+](=O)[O-])c4)nn32)cc1. The molecule has 1 aliphatic heterocycles. The average Bonchev–Trinajstić information content (AvgIpc) is 3.34. The molecular formula is C27H21ClN6O4. The number of non-ortho nitro benzene ring substituents is 1. The van der Waals surface area contributed by atoms with E-state index in [1.54, 1.807) is 36.1 Å². The monoisotopic (exact) mass is 528 g/mol. The number of methoxy groups -OCH3 is 1. The molecule has 0 radical (unpaired) electrons. The minimum absolute atomic E-state index is 0.0596. The Morgan fingerprint density at radius 1 is 1.16 bits per heavy atom. The molecule has 4 aromatic rings. The molecule has 11 heteroatoms. The molecule has 5 rings (SSSR count). The lowest BCUT2D eigenvalue weighted by molar-refractivity contribution is -0.384. The number of nitrogens with one attached hydrogen (secondary N) is 2. The van der Waals surface area contributed by atoms with Gasteiger partial charge in [0.05, 0.1) is 12.0 Å². The molecule has 1 aromatic heterocycles. The van der Waals surface area contributed by atoms with Crippen molar-refractivity contribution in [1.29, 1.82) is 0 Å². The van der Waals surface area contributed by atoms with Gasteiger partial charge in [0.15, 0.2) is 0 Å². The molecule has 1 amide bonds. The van der Waals surface area contributed by atoms with Crippen molar-refractivity contribution in [3.8, 4) is 5.75 Å². The second-order valence-electron chi connectivity index (χ2n) is 8.31. The highest BCUT2D eigenvalue weighted by molar-refractivity contribution is 6.30. The first-order valence-corrected chi connectivity index (χ1v) is 11.9. The molecular weight excluding hydrogens is 508 g/mol. The number of fused-ring (bicyclic) bond motifs is 1. The lowest BCUT2D eigenvalue weighted by Crippen LogP contribution is -2.20. The van der Waals surface area contributed by atoms with E-state index in [9.17, 15) is 14.9 Å². The molecule has 38 heavy (non-hydrogen) atoms. The largest absolute Gasteiger partial charge is 0.497 e. The second kappa shape index (κ2) is 10.6. The number of halogens is 1. The Balaban J connectivity index is 1.41. The van der Waals surface area contributed by atoms with E-state index < -0.39 is 10.8 Å². The van der Waals surface area contributed by atoms with Crippen molar-refractivity contribution < 1.29 is 14.5 Å². The Morgan fingerprint density at radius 2 is 1.92 bits per heavy atom. The molecule has 190 valence electrons. The topological polar surface area (TPSA) is 124 Å². The molecule has 10 nitrogen and oxygen atoms in total. The first kappa shape index (κ1) is 24.7. The number of benzene rings is 3. The maximum Gasteiger partial charge on any atom is 0.270 e. The number of carbonyl (C=O) groups excluding carboxylic acids is 1. The zero-order valence-electron chi connectivity index (χ0n) is 20.0. The van der Waals surface area contributed by atoms with Crippen LogP contribution in [0.25, 0.3) is 11.8 Å². The maximum absolute atomic E-state index is 12.6. The van der Waals surface area contributed by atoms with Crippen LogP contribution in [0.4, 0.5) is 17.6 Å². The highest BCUT2D eigenvalue weighted by Crippen LogP contribution is 2.34. The van der Waals surface area contributed by atoms with E-state index in [2.05, 4.69) is 20.7 Å². The van der Waals surface area contributed by atoms with Gasteiger partial charge in [-0.15, -0.1) is 5.10 Å². The van der Waals surface area contributed by atoms with Crippen molar-refractivity contribution in [3.05, 3.63) is 117 Å². The minimum Gasteiger partial charge on any atom is -0.497 e. The Hall–Kier alpha value is -4.96. The molecule has 0 bridgehead atoms. The number of aromatic nitrogens is 3. The van der Waals surface area contributed by atoms with Gasteiger partial charge in [0.25, 0.3) is 17.5 Å². The Morgan fingerprint density at radius 3 is 2.63 bits per heavy atom. The zero-order chi connectivity index (χ0) is 26.6. The smallest absolute Gasteiger partial charge is 0.270 e. The van der Waals surface area contributed by atoms with Gasteiger partial charge in [-0.3, -0.25) is 20.2 Å². The predicted octanol–water partition coefficient (Wildman–Crippen LogP) is 5.56. The van der Waals surface area contributed by atoms with E-state index in [4.69, 9.17) is 16.3 Å². The first-order chi connectivity index (χ1) is 18.4. The molecule has 0 saturated heterocycles. The number of hydrogen-bond donors (Lipinski definition) is 2. The molecule has 1 atom stereocenters. The summed E-state index contributed by atoms with van der Waals surface area (Å²) >= 11 is 6.07. The Bertz CT molecular complexity index is 1560. The van der Waals surface area contributed by atoms with Crippen molar-refractivity contribution in [1.82, 2.24) is 14.8 Å². The number of hydrogen-bond acceptors (Lipinski definition) is 7. The number of rotatable bonds is 7. The zero-order valence-corrected chi connectivity index (χ0v) is 20.8. The summed E-state index contributed by atoms with van der Waals surface area (Å²) in [6.07, 6.45) is 4.77. The fourth-order valence-corrected chi connectivity index (χ4v) is 4.07. The van der Waals surface area contributed by atoms with Crippen molar-refractivity contribution in [2.75, 3.05) is 17.7 Å². The Kier molecular flexibility index (Phi) is 6.88. The van der Waals surface area contributed by atoms with Gasteiger partial charge in [-0.2, -0.15) is 4.98 Å². The van der Waals surface area contributed by atoms with Gasteiger partial charge in [0.2, 0.25) is 5.95 Å². The molecule has 2 heterocycles. The van der Waals surface area contributed by atoms with Crippen molar-refractivity contribution in [2.24, 2.45) is 0 Å². The number of ether oxygens (including phenoxy) is 1. The van der Waals surface area contributed by atoms with Gasteiger partial charge in [-0.1, -0.05) is 48.0 Å². The van der Waals surface area contributed by atoms with Crippen LogP contribution in [0.2, 0.25) is 5.02 Å². The lowest BCUT2D eigenvalue weighted by Gasteiger charge is -2.24. The number of allylic oxidation sites excluding steroid dienone is 1. The fraction of sp³-hybridized carbons (Fsp3) is 0.0741. The van der Waals surface area contributed by atoms with Crippen molar-refractivity contribution in [3.63, 3.8) is 0 Å². The van der Waals surface area contributed by atoms with Gasteiger partial charge in [0.1, 0.15) is 11.8 Å². The van der Waals surface area contributed by atoms with Crippen LogP contribution in [-0.2, 0) is 4.79 Å². The maximum atomic E-state index is 12.6. The molecule has 0 spiro atoms. The normalized spacial score (nSPS) is 14.4. The fourth-order valence-electron chi connectivity index (χ4n) is 3.95. The molecule has 0 aliphatic carbocycles. The van der Waals surface area contributed by atoms with Crippen LogP contribution in [0.5, 0.6) is 5.75 Å². The van der Waals surface area contributed by atoms with Crippen LogP contribution in [0.15, 0.2) is 84.9 Å². The van der Waals surface area contributed by atoms with E-state index >= 15 is 0 Å². The highest BCUT2D eigenvalue weighted by atomic mass is 35.5. The summed E-state index contributed by atoms with van der Waals surface area (Å²) in [5, 5.41) is 22.1. The number of nitrogens with zero attached hydrogens (tertiary/aromatic N) is 4. The minimum atomic E-state index is -0.491. The van der Waals surface area contributed by atoms with Crippen LogP contribution < -0.4 is 15.4 Å². The standard InChI is InChI=1S/C27H21ClN6O4/c1-38-22-12-8-19(9-13-22)24-16-23(18-6-10-20(28)11-7-18)29-27-31-26(32-33(24)27)30-25(35)14-5-17-3-2-4-21(15-17)34(36)37/h2-16,24H,1H3,(H2,29,30,31,32,35). The lowest BCUT2D eigenvalue weighted by atomic mass is 10.0. The third kappa shape index (κ3) is 5.40. The second-order valence-corrected chi connectivity index (χ2v) is 8.74. The van der Waals surface area contributed by atoms with Crippen molar-refractivity contribution in [2.45, 2.75) is 6.04 Å². The molecule has 2 N–H and O–H groups in total. The summed E-state index contributed by atoms with van der Waals surface area (Å²) in [5.41, 5.74) is 3.12. The van der Waals surface area contributed by atoms with Crippen LogP contribution in [0.3, 0.4) is 0 Å². The quantitative estimate of drug-likeness (QED) is 0.183. The predicted molar refractivity (Wildman–Crippen MR) is 145 cm³/mol. The van der Waals surface area contributed by atoms with E-state index in [0.29, 0.717) is 16.5 Å². The van der Waals surface area contributed by atoms with Gasteiger partial charge >= 0.3 is 0 Å². The van der Waals surface area contributed by atoms with E-state index in [-0.39, 0.29) is 17.7 Å². The summed E-state index contributed by atoms with van der Waals surface area (Å²) in [4.78, 5) is 27.5. The van der Waals surface area contributed by atoms with Crippen LogP contribution in [-0.4, -0.2) is 32.7 Å². The molecule has 1 aliphatic rings. The Labute approximate surface area is 222 Å².